The molecule has 1 aliphatic carbocycles. The van der Waals surface area contributed by atoms with Crippen molar-refractivity contribution in [3.05, 3.63) is 0 Å². The maximum absolute atomic E-state index is 12.1. The molecule has 0 aromatic heterocycles. The van der Waals surface area contributed by atoms with Crippen molar-refractivity contribution in [2.24, 2.45) is 5.92 Å². The predicted molar refractivity (Wildman–Crippen MR) is 73.8 cm³/mol. The van der Waals surface area contributed by atoms with Gasteiger partial charge in [-0.15, -0.1) is 0 Å². The van der Waals surface area contributed by atoms with Crippen LogP contribution in [0.2, 0.25) is 0 Å². The second kappa shape index (κ2) is 6.71. The highest BCUT2D eigenvalue weighted by molar-refractivity contribution is 5.75. The molecular formula is C15H27NO3. The average molecular weight is 269 g/mol. The van der Waals surface area contributed by atoms with E-state index in [2.05, 4.69) is 4.90 Å². The summed E-state index contributed by atoms with van der Waals surface area (Å²) >= 11 is 0. The lowest BCUT2D eigenvalue weighted by Gasteiger charge is -2.35. The zero-order valence-electron chi connectivity index (χ0n) is 12.2. The van der Waals surface area contributed by atoms with Crippen molar-refractivity contribution in [1.29, 1.82) is 0 Å². The number of likely N-dealkylation sites (tertiary alicyclic amines) is 1. The molecule has 0 aromatic carbocycles. The predicted octanol–water partition coefficient (Wildman–Crippen LogP) is 1.95. The SMILES string of the molecule is CCOC(=O)C(CC)N1CCCC1C1CCCC1O. The molecule has 4 nitrogen and oxygen atoms in total. The molecule has 4 unspecified atom stereocenters. The standard InChI is InChI=1S/C15H27NO3/c1-3-12(15(18)19-4-2)16-10-6-8-13(16)11-7-5-9-14(11)17/h11-14,17H,3-10H2,1-2H3. The van der Waals surface area contributed by atoms with E-state index in [1.165, 1.54) is 0 Å². The van der Waals surface area contributed by atoms with Gasteiger partial charge < -0.3 is 9.84 Å². The van der Waals surface area contributed by atoms with Crippen LogP contribution in [0.3, 0.4) is 0 Å². The number of aliphatic hydroxyl groups excluding tert-OH is 1. The van der Waals surface area contributed by atoms with Crippen LogP contribution < -0.4 is 0 Å². The van der Waals surface area contributed by atoms with E-state index in [9.17, 15) is 9.90 Å². The minimum atomic E-state index is -0.176. The third kappa shape index (κ3) is 3.11. The summed E-state index contributed by atoms with van der Waals surface area (Å²) in [5.74, 6) is 0.260. The summed E-state index contributed by atoms with van der Waals surface area (Å²) in [6.07, 6.45) is 5.99. The Morgan fingerprint density at radius 1 is 1.32 bits per heavy atom. The fourth-order valence-corrected chi connectivity index (χ4v) is 3.85. The molecule has 1 heterocycles. The molecule has 110 valence electrons. The van der Waals surface area contributed by atoms with Crippen molar-refractivity contribution >= 4 is 5.97 Å². The Bertz CT molecular complexity index is 308. The maximum atomic E-state index is 12.1. The Hall–Kier alpha value is -0.610. The van der Waals surface area contributed by atoms with E-state index in [4.69, 9.17) is 4.74 Å². The summed E-state index contributed by atoms with van der Waals surface area (Å²) < 4.78 is 5.20. The lowest BCUT2D eigenvalue weighted by atomic mass is 9.93. The molecule has 0 amide bonds. The molecule has 4 atom stereocenters. The quantitative estimate of drug-likeness (QED) is 0.775. The molecular weight excluding hydrogens is 242 g/mol. The van der Waals surface area contributed by atoms with E-state index >= 15 is 0 Å². The zero-order chi connectivity index (χ0) is 13.8. The van der Waals surface area contributed by atoms with Gasteiger partial charge in [0.05, 0.1) is 12.7 Å². The zero-order valence-corrected chi connectivity index (χ0v) is 12.2. The third-order valence-corrected chi connectivity index (χ3v) is 4.71. The van der Waals surface area contributed by atoms with E-state index < -0.39 is 0 Å². The Balaban J connectivity index is 2.05. The summed E-state index contributed by atoms with van der Waals surface area (Å²) in [4.78, 5) is 14.4. The van der Waals surface area contributed by atoms with Crippen molar-refractivity contribution in [2.45, 2.75) is 70.6 Å². The Morgan fingerprint density at radius 3 is 2.68 bits per heavy atom. The Labute approximate surface area is 116 Å². The maximum Gasteiger partial charge on any atom is 0.323 e. The minimum absolute atomic E-state index is 0.0932. The first-order valence-corrected chi connectivity index (χ1v) is 7.79. The highest BCUT2D eigenvalue weighted by Crippen LogP contribution is 2.37. The van der Waals surface area contributed by atoms with Crippen molar-refractivity contribution in [3.8, 4) is 0 Å². The van der Waals surface area contributed by atoms with Gasteiger partial charge in [-0.1, -0.05) is 13.3 Å². The summed E-state index contributed by atoms with van der Waals surface area (Å²) in [7, 11) is 0. The van der Waals surface area contributed by atoms with E-state index in [0.29, 0.717) is 18.6 Å². The van der Waals surface area contributed by atoms with Gasteiger partial charge >= 0.3 is 5.97 Å². The smallest absolute Gasteiger partial charge is 0.323 e. The van der Waals surface area contributed by atoms with Crippen LogP contribution in [0.25, 0.3) is 0 Å². The summed E-state index contributed by atoms with van der Waals surface area (Å²) in [6, 6.07) is 0.243. The second-order valence-electron chi connectivity index (χ2n) is 5.79. The summed E-state index contributed by atoms with van der Waals surface area (Å²) in [6.45, 7) is 5.31. The van der Waals surface area contributed by atoms with Crippen molar-refractivity contribution < 1.29 is 14.6 Å². The molecule has 0 bridgehead atoms. The van der Waals surface area contributed by atoms with Gasteiger partial charge in [0.2, 0.25) is 0 Å². The van der Waals surface area contributed by atoms with Gasteiger partial charge in [-0.3, -0.25) is 9.69 Å². The van der Waals surface area contributed by atoms with Gasteiger partial charge in [0, 0.05) is 12.0 Å². The molecule has 19 heavy (non-hydrogen) atoms. The van der Waals surface area contributed by atoms with E-state index in [1.807, 2.05) is 13.8 Å². The van der Waals surface area contributed by atoms with Crippen molar-refractivity contribution in [3.63, 3.8) is 0 Å². The molecule has 2 aliphatic rings. The van der Waals surface area contributed by atoms with Gasteiger partial charge in [-0.2, -0.15) is 0 Å². The first-order valence-electron chi connectivity index (χ1n) is 7.79. The highest BCUT2D eigenvalue weighted by Gasteiger charge is 2.42. The first kappa shape index (κ1) is 14.8. The van der Waals surface area contributed by atoms with E-state index in [-0.39, 0.29) is 18.1 Å². The Morgan fingerprint density at radius 2 is 2.11 bits per heavy atom. The van der Waals surface area contributed by atoms with Crippen LogP contribution in [0.5, 0.6) is 0 Å². The largest absolute Gasteiger partial charge is 0.465 e. The van der Waals surface area contributed by atoms with Crippen LogP contribution in [-0.2, 0) is 9.53 Å². The number of carbonyl (C=O) groups excluding carboxylic acids is 1. The van der Waals surface area contributed by atoms with Crippen LogP contribution in [-0.4, -0.2) is 47.3 Å². The molecule has 1 saturated heterocycles. The van der Waals surface area contributed by atoms with Crippen LogP contribution in [0.15, 0.2) is 0 Å². The minimum Gasteiger partial charge on any atom is -0.465 e. The molecule has 1 N–H and O–H groups in total. The molecule has 2 fully saturated rings. The normalized spacial score (nSPS) is 33.5. The van der Waals surface area contributed by atoms with Gasteiger partial charge in [-0.25, -0.2) is 0 Å². The van der Waals surface area contributed by atoms with Crippen molar-refractivity contribution in [2.75, 3.05) is 13.2 Å². The number of aliphatic hydroxyl groups is 1. The fraction of sp³-hybridized carbons (Fsp3) is 0.933. The number of hydrogen-bond acceptors (Lipinski definition) is 4. The molecule has 0 radical (unpaired) electrons. The van der Waals surface area contributed by atoms with Gasteiger partial charge in [0.15, 0.2) is 0 Å². The number of rotatable bonds is 5. The fourth-order valence-electron chi connectivity index (χ4n) is 3.85. The van der Waals surface area contributed by atoms with Crippen LogP contribution in [0.1, 0.15) is 52.4 Å². The summed E-state index contributed by atoms with van der Waals surface area (Å²) in [5.41, 5.74) is 0. The number of carbonyl (C=O) groups is 1. The number of hydrogen-bond donors (Lipinski definition) is 1. The highest BCUT2D eigenvalue weighted by atomic mass is 16.5. The summed E-state index contributed by atoms with van der Waals surface area (Å²) in [5, 5.41) is 10.1. The molecule has 1 aliphatic heterocycles. The van der Waals surface area contributed by atoms with E-state index in [0.717, 1.165) is 45.1 Å². The van der Waals surface area contributed by atoms with Gasteiger partial charge in [-0.05, 0) is 45.6 Å². The molecule has 1 saturated carbocycles. The van der Waals surface area contributed by atoms with Crippen LogP contribution in [0, 0.1) is 5.92 Å². The molecule has 0 aromatic rings. The average Bonchev–Trinajstić information content (AvgIpc) is 2.99. The molecule has 4 heteroatoms. The topological polar surface area (TPSA) is 49.8 Å². The monoisotopic (exact) mass is 269 g/mol. The number of ether oxygens (including phenoxy) is 1. The number of esters is 1. The first-order chi connectivity index (χ1) is 9.19. The van der Waals surface area contributed by atoms with Gasteiger partial charge in [0.1, 0.15) is 6.04 Å². The third-order valence-electron chi connectivity index (χ3n) is 4.71. The van der Waals surface area contributed by atoms with E-state index in [1.54, 1.807) is 0 Å². The van der Waals surface area contributed by atoms with Crippen LogP contribution >= 0.6 is 0 Å². The Kier molecular flexibility index (Phi) is 5.22. The lowest BCUT2D eigenvalue weighted by Crippen LogP contribution is -2.48. The number of nitrogens with zero attached hydrogens (tertiary/aromatic N) is 1. The second-order valence-corrected chi connectivity index (χ2v) is 5.79. The lowest BCUT2D eigenvalue weighted by molar-refractivity contribution is -0.150. The molecule has 0 spiro atoms. The molecule has 2 rings (SSSR count). The van der Waals surface area contributed by atoms with Gasteiger partial charge in [0.25, 0.3) is 0 Å². The van der Waals surface area contributed by atoms with Crippen molar-refractivity contribution in [1.82, 2.24) is 4.90 Å². The van der Waals surface area contributed by atoms with Crippen LogP contribution in [0.4, 0.5) is 0 Å².